The average Bonchev–Trinajstić information content (AvgIpc) is 2.27. The molecular formula is C15H25Br2ClO. The van der Waals surface area contributed by atoms with Gasteiger partial charge in [-0.05, 0) is 65.7 Å². The van der Waals surface area contributed by atoms with Crippen LogP contribution in [0.15, 0.2) is 0 Å². The third kappa shape index (κ3) is 3.35. The molecule has 2 fully saturated rings. The summed E-state index contributed by atoms with van der Waals surface area (Å²) in [5.41, 5.74) is -0.0935. The second kappa shape index (κ2) is 5.44. The lowest BCUT2D eigenvalue weighted by Gasteiger charge is -2.52. The zero-order chi connectivity index (χ0) is 14.5. The van der Waals surface area contributed by atoms with E-state index in [1.165, 1.54) is 12.8 Å². The molecule has 19 heavy (non-hydrogen) atoms. The summed E-state index contributed by atoms with van der Waals surface area (Å²) < 4.78 is 6.52. The summed E-state index contributed by atoms with van der Waals surface area (Å²) in [4.78, 5) is 0.731. The van der Waals surface area contributed by atoms with Gasteiger partial charge in [0, 0.05) is 9.65 Å². The fourth-order valence-electron chi connectivity index (χ4n) is 3.55. The Hall–Kier alpha value is 1.21. The Kier molecular flexibility index (Phi) is 4.75. The molecule has 0 unspecified atom stereocenters. The van der Waals surface area contributed by atoms with Gasteiger partial charge in [0.2, 0.25) is 0 Å². The number of alkyl halides is 3. The van der Waals surface area contributed by atoms with Gasteiger partial charge in [-0.25, -0.2) is 0 Å². The van der Waals surface area contributed by atoms with E-state index in [9.17, 15) is 0 Å². The maximum absolute atomic E-state index is 6.56. The van der Waals surface area contributed by atoms with Crippen molar-refractivity contribution in [1.29, 1.82) is 0 Å². The van der Waals surface area contributed by atoms with E-state index in [1.807, 2.05) is 0 Å². The molecule has 1 saturated carbocycles. The summed E-state index contributed by atoms with van der Waals surface area (Å²) in [5.74, 6) is 0.600. The molecule has 1 nitrogen and oxygen atoms in total. The topological polar surface area (TPSA) is 9.23 Å². The molecule has 0 aromatic carbocycles. The van der Waals surface area contributed by atoms with Gasteiger partial charge in [-0.2, -0.15) is 0 Å². The van der Waals surface area contributed by atoms with Crippen molar-refractivity contribution < 1.29 is 4.74 Å². The van der Waals surface area contributed by atoms with E-state index < -0.39 is 0 Å². The van der Waals surface area contributed by atoms with Crippen molar-refractivity contribution in [3.8, 4) is 0 Å². The molecule has 1 heterocycles. The first-order chi connectivity index (χ1) is 8.57. The van der Waals surface area contributed by atoms with E-state index in [2.05, 4.69) is 59.6 Å². The Morgan fingerprint density at radius 3 is 2.16 bits per heavy atom. The molecule has 1 aliphatic carbocycles. The van der Waals surface area contributed by atoms with Crippen molar-refractivity contribution in [3.63, 3.8) is 0 Å². The zero-order valence-electron chi connectivity index (χ0n) is 12.3. The predicted molar refractivity (Wildman–Crippen MR) is 89.8 cm³/mol. The van der Waals surface area contributed by atoms with Crippen molar-refractivity contribution in [3.05, 3.63) is 0 Å². The lowest BCUT2D eigenvalue weighted by molar-refractivity contribution is -0.190. The Morgan fingerprint density at radius 1 is 1.00 bits per heavy atom. The van der Waals surface area contributed by atoms with Gasteiger partial charge in [-0.15, -0.1) is 11.6 Å². The minimum Gasteiger partial charge on any atom is -0.368 e. The summed E-state index contributed by atoms with van der Waals surface area (Å²) in [6.45, 7) is 8.84. The van der Waals surface area contributed by atoms with Crippen LogP contribution in [0.3, 0.4) is 0 Å². The fourth-order valence-corrected chi connectivity index (χ4v) is 4.75. The third-order valence-electron chi connectivity index (χ3n) is 5.13. The lowest BCUT2D eigenvalue weighted by Crippen LogP contribution is -2.55. The first kappa shape index (κ1) is 16.6. The van der Waals surface area contributed by atoms with E-state index in [0.717, 1.165) is 19.3 Å². The van der Waals surface area contributed by atoms with Crippen LogP contribution < -0.4 is 0 Å². The SMILES string of the molecule is CC1(C)O[C@@](C)([C@@H]2CC[C@@](C)(Cl)[C@H](Br)C2)CC[C@H]1Br. The van der Waals surface area contributed by atoms with Gasteiger partial charge in [-0.1, -0.05) is 31.9 Å². The molecule has 4 heteroatoms. The highest BCUT2D eigenvalue weighted by atomic mass is 79.9. The molecule has 0 spiro atoms. The molecule has 1 saturated heterocycles. The largest absolute Gasteiger partial charge is 0.368 e. The minimum atomic E-state index is -0.102. The Balaban J connectivity index is 2.10. The lowest BCUT2D eigenvalue weighted by atomic mass is 9.70. The highest BCUT2D eigenvalue weighted by Crippen LogP contribution is 2.50. The summed E-state index contributed by atoms with van der Waals surface area (Å²) in [5, 5.41) is 0. The second-order valence-corrected chi connectivity index (χ2v) is 10.3. The molecular weight excluding hydrogens is 391 g/mol. The molecule has 2 rings (SSSR count). The monoisotopic (exact) mass is 414 g/mol. The number of hydrogen-bond acceptors (Lipinski definition) is 1. The van der Waals surface area contributed by atoms with Gasteiger partial charge in [0.05, 0.1) is 16.1 Å². The highest BCUT2D eigenvalue weighted by molar-refractivity contribution is 9.09. The van der Waals surface area contributed by atoms with Crippen LogP contribution >= 0.6 is 43.5 Å². The van der Waals surface area contributed by atoms with E-state index in [0.29, 0.717) is 15.6 Å². The van der Waals surface area contributed by atoms with Crippen LogP contribution in [0, 0.1) is 5.92 Å². The first-order valence-corrected chi connectivity index (χ1v) is 9.45. The molecule has 112 valence electrons. The Labute approximate surface area is 139 Å². The maximum Gasteiger partial charge on any atom is 0.0758 e. The van der Waals surface area contributed by atoms with Crippen molar-refractivity contribution in [2.45, 2.75) is 85.5 Å². The van der Waals surface area contributed by atoms with Crippen molar-refractivity contribution in [2.24, 2.45) is 5.92 Å². The van der Waals surface area contributed by atoms with Crippen LogP contribution in [0.25, 0.3) is 0 Å². The van der Waals surface area contributed by atoms with Crippen LogP contribution in [0.1, 0.15) is 59.8 Å². The first-order valence-electron chi connectivity index (χ1n) is 7.24. The van der Waals surface area contributed by atoms with Crippen LogP contribution in [0.2, 0.25) is 0 Å². The van der Waals surface area contributed by atoms with E-state index >= 15 is 0 Å². The molecule has 0 bridgehead atoms. The number of halogens is 3. The van der Waals surface area contributed by atoms with Crippen LogP contribution in [0.5, 0.6) is 0 Å². The molecule has 0 aromatic heterocycles. The molecule has 5 atom stereocenters. The normalized spacial score (nSPS) is 51.0. The van der Waals surface area contributed by atoms with Crippen LogP contribution in [-0.2, 0) is 4.74 Å². The van der Waals surface area contributed by atoms with Crippen LogP contribution in [-0.4, -0.2) is 25.7 Å². The molecule has 0 N–H and O–H groups in total. The minimum absolute atomic E-state index is 0.00677. The molecule has 0 aromatic rings. The Morgan fingerprint density at radius 2 is 1.63 bits per heavy atom. The fraction of sp³-hybridized carbons (Fsp3) is 1.00. The van der Waals surface area contributed by atoms with E-state index in [1.54, 1.807) is 0 Å². The number of rotatable bonds is 1. The third-order valence-corrected chi connectivity index (χ3v) is 8.80. The van der Waals surface area contributed by atoms with Crippen molar-refractivity contribution >= 4 is 43.5 Å². The molecule has 1 aliphatic heterocycles. The average molecular weight is 417 g/mol. The summed E-state index contributed by atoms with van der Waals surface area (Å²) in [6.07, 6.45) is 5.66. The van der Waals surface area contributed by atoms with Gasteiger partial charge in [-0.3, -0.25) is 0 Å². The number of hydrogen-bond donors (Lipinski definition) is 0. The highest BCUT2D eigenvalue weighted by Gasteiger charge is 2.50. The quantitative estimate of drug-likeness (QED) is 0.501. The zero-order valence-corrected chi connectivity index (χ0v) is 16.2. The van der Waals surface area contributed by atoms with Gasteiger partial charge in [0.15, 0.2) is 0 Å². The van der Waals surface area contributed by atoms with Crippen LogP contribution in [0.4, 0.5) is 0 Å². The molecule has 2 aliphatic rings. The van der Waals surface area contributed by atoms with E-state index in [4.69, 9.17) is 16.3 Å². The second-order valence-electron chi connectivity index (χ2n) is 7.24. The maximum atomic E-state index is 6.56. The summed E-state index contributed by atoms with van der Waals surface area (Å²) >= 11 is 14.1. The molecule has 0 amide bonds. The van der Waals surface area contributed by atoms with E-state index in [-0.39, 0.29) is 16.1 Å². The van der Waals surface area contributed by atoms with Gasteiger partial charge in [0.1, 0.15) is 0 Å². The summed E-state index contributed by atoms with van der Waals surface area (Å²) in [6, 6.07) is 0. The standard InChI is InChI=1S/C15H25Br2ClO/c1-13(2)11(16)6-8-15(4,19-13)10-5-7-14(3,18)12(17)9-10/h10-12H,5-9H2,1-4H3/t10-,11-,12-,14-,15-/m1/s1. The smallest absolute Gasteiger partial charge is 0.0758 e. The van der Waals surface area contributed by atoms with Gasteiger partial charge >= 0.3 is 0 Å². The van der Waals surface area contributed by atoms with Gasteiger partial charge < -0.3 is 4.74 Å². The summed E-state index contributed by atoms with van der Waals surface area (Å²) in [7, 11) is 0. The van der Waals surface area contributed by atoms with Gasteiger partial charge in [0.25, 0.3) is 0 Å². The van der Waals surface area contributed by atoms with Crippen molar-refractivity contribution in [2.75, 3.05) is 0 Å². The van der Waals surface area contributed by atoms with Crippen molar-refractivity contribution in [1.82, 2.24) is 0 Å². The molecule has 0 radical (unpaired) electrons. The predicted octanol–water partition coefficient (Wildman–Crippen LogP) is 5.66. The Bertz CT molecular complexity index is 345. The number of ether oxygens (including phenoxy) is 1.